The number of nitrogens with two attached hydrogens (primary N) is 1. The van der Waals surface area contributed by atoms with Gasteiger partial charge in [-0.1, -0.05) is 6.42 Å². The second kappa shape index (κ2) is 6.12. The maximum Gasteiger partial charge on any atom is 0.355 e. The minimum absolute atomic E-state index is 0.0118. The summed E-state index contributed by atoms with van der Waals surface area (Å²) >= 11 is 1.24. The molecule has 6 nitrogen and oxygen atoms in total. The lowest BCUT2D eigenvalue weighted by atomic mass is 9.85. The van der Waals surface area contributed by atoms with Crippen LogP contribution in [0.1, 0.15) is 41.2 Å². The van der Waals surface area contributed by atoms with Gasteiger partial charge in [0, 0.05) is 17.3 Å². The summed E-state index contributed by atoms with van der Waals surface area (Å²) in [4.78, 5) is 26.6. The molecule has 0 radical (unpaired) electrons. The number of hydrogen-bond acceptors (Lipinski definition) is 5. The highest BCUT2D eigenvalue weighted by Gasteiger charge is 2.25. The van der Waals surface area contributed by atoms with Crippen molar-refractivity contribution < 1.29 is 14.7 Å². The molecule has 0 aliphatic heterocycles. The fourth-order valence-electron chi connectivity index (χ4n) is 2.26. The smallest absolute Gasteiger partial charge is 0.355 e. The Kier molecular flexibility index (Phi) is 4.49. The normalized spacial score (nSPS) is 23.0. The van der Waals surface area contributed by atoms with Gasteiger partial charge in [-0.15, -0.1) is 11.3 Å². The zero-order valence-electron chi connectivity index (χ0n) is 10.5. The molecule has 1 heterocycles. The third-order valence-electron chi connectivity index (χ3n) is 3.27. The molecular formula is C12H17N3O3S. The Morgan fingerprint density at radius 3 is 2.95 bits per heavy atom. The summed E-state index contributed by atoms with van der Waals surface area (Å²) in [7, 11) is 0. The van der Waals surface area contributed by atoms with Crippen LogP contribution in [0.15, 0.2) is 5.38 Å². The van der Waals surface area contributed by atoms with Crippen LogP contribution in [0, 0.1) is 5.92 Å². The number of aromatic nitrogens is 1. The van der Waals surface area contributed by atoms with E-state index in [0.717, 1.165) is 25.7 Å². The number of carbonyl (C=O) groups excluding carboxylic acids is 1. The van der Waals surface area contributed by atoms with Gasteiger partial charge in [0.2, 0.25) is 5.91 Å². The molecule has 104 valence electrons. The quantitative estimate of drug-likeness (QED) is 0.763. The number of carboxylic acid groups (broad SMARTS) is 1. The Hall–Kier alpha value is -1.47. The van der Waals surface area contributed by atoms with Gasteiger partial charge < -0.3 is 16.2 Å². The van der Waals surface area contributed by atoms with E-state index in [2.05, 4.69) is 10.3 Å². The second-order valence-electron chi connectivity index (χ2n) is 4.77. The summed E-state index contributed by atoms with van der Waals surface area (Å²) in [6.45, 7) is 0.280. The van der Waals surface area contributed by atoms with Crippen molar-refractivity contribution in [1.82, 2.24) is 10.3 Å². The van der Waals surface area contributed by atoms with Crippen LogP contribution in [-0.2, 0) is 11.3 Å². The Morgan fingerprint density at radius 2 is 2.32 bits per heavy atom. The molecule has 1 aromatic rings. The largest absolute Gasteiger partial charge is 0.476 e. The highest BCUT2D eigenvalue weighted by molar-refractivity contribution is 7.09. The van der Waals surface area contributed by atoms with Crippen molar-refractivity contribution in [2.75, 3.05) is 0 Å². The minimum atomic E-state index is -1.05. The molecule has 1 aliphatic rings. The highest BCUT2D eigenvalue weighted by atomic mass is 32.1. The van der Waals surface area contributed by atoms with Gasteiger partial charge in [-0.3, -0.25) is 4.79 Å². The zero-order valence-corrected chi connectivity index (χ0v) is 11.3. The lowest BCUT2D eigenvalue weighted by Crippen LogP contribution is -2.37. The second-order valence-corrected chi connectivity index (χ2v) is 5.72. The first kappa shape index (κ1) is 14.0. The monoisotopic (exact) mass is 283 g/mol. The maximum atomic E-state index is 12.0. The number of nitrogens with zero attached hydrogens (tertiary/aromatic N) is 1. The van der Waals surface area contributed by atoms with E-state index in [9.17, 15) is 9.59 Å². The van der Waals surface area contributed by atoms with Crippen molar-refractivity contribution >= 4 is 23.2 Å². The van der Waals surface area contributed by atoms with Crippen molar-refractivity contribution in [1.29, 1.82) is 0 Å². The molecule has 0 aromatic carbocycles. The van der Waals surface area contributed by atoms with Crippen LogP contribution >= 0.6 is 11.3 Å². The third-order valence-corrected chi connectivity index (χ3v) is 4.12. The zero-order chi connectivity index (χ0) is 13.8. The maximum absolute atomic E-state index is 12.0. The first-order valence-corrected chi connectivity index (χ1v) is 7.15. The number of amides is 1. The summed E-state index contributed by atoms with van der Waals surface area (Å²) in [5.74, 6) is -1.09. The molecular weight excluding hydrogens is 266 g/mol. The molecule has 0 saturated heterocycles. The number of aromatic carboxylic acids is 1. The molecule has 7 heteroatoms. The van der Waals surface area contributed by atoms with Gasteiger partial charge in [-0.05, 0) is 19.3 Å². The first-order chi connectivity index (χ1) is 9.06. The van der Waals surface area contributed by atoms with Gasteiger partial charge in [-0.2, -0.15) is 0 Å². The number of carboxylic acids is 1. The van der Waals surface area contributed by atoms with Crippen LogP contribution in [0.3, 0.4) is 0 Å². The molecule has 1 aromatic heterocycles. The summed E-state index contributed by atoms with van der Waals surface area (Å²) in [5, 5.41) is 13.6. The lowest BCUT2D eigenvalue weighted by Gasteiger charge is -2.25. The predicted molar refractivity (Wildman–Crippen MR) is 70.9 cm³/mol. The molecule has 1 amide bonds. The number of hydrogen-bond donors (Lipinski definition) is 3. The molecule has 2 atom stereocenters. The Balaban J connectivity index is 1.84. The highest BCUT2D eigenvalue weighted by Crippen LogP contribution is 2.23. The van der Waals surface area contributed by atoms with E-state index in [1.807, 2.05) is 0 Å². The average Bonchev–Trinajstić information content (AvgIpc) is 2.85. The van der Waals surface area contributed by atoms with Crippen LogP contribution in [0.4, 0.5) is 0 Å². The van der Waals surface area contributed by atoms with Crippen LogP contribution in [-0.4, -0.2) is 28.0 Å². The average molecular weight is 283 g/mol. The summed E-state index contributed by atoms with van der Waals surface area (Å²) < 4.78 is 0. The van der Waals surface area contributed by atoms with E-state index in [0.29, 0.717) is 5.01 Å². The van der Waals surface area contributed by atoms with Gasteiger partial charge in [0.25, 0.3) is 0 Å². The molecule has 1 fully saturated rings. The van der Waals surface area contributed by atoms with E-state index in [-0.39, 0.29) is 30.1 Å². The van der Waals surface area contributed by atoms with Crippen molar-refractivity contribution in [2.24, 2.45) is 11.7 Å². The van der Waals surface area contributed by atoms with Crippen molar-refractivity contribution in [3.05, 3.63) is 16.1 Å². The molecule has 2 unspecified atom stereocenters. The van der Waals surface area contributed by atoms with E-state index in [4.69, 9.17) is 10.8 Å². The number of carbonyl (C=O) groups is 2. The predicted octanol–water partition coefficient (Wildman–Crippen LogP) is 0.975. The van der Waals surface area contributed by atoms with E-state index in [1.54, 1.807) is 0 Å². The number of rotatable bonds is 4. The summed E-state index contributed by atoms with van der Waals surface area (Å²) in [5.41, 5.74) is 5.87. The van der Waals surface area contributed by atoms with E-state index in [1.165, 1.54) is 16.7 Å². The molecule has 19 heavy (non-hydrogen) atoms. The van der Waals surface area contributed by atoms with Crippen molar-refractivity contribution in [3.63, 3.8) is 0 Å². The molecule has 0 bridgehead atoms. The minimum Gasteiger partial charge on any atom is -0.476 e. The topological polar surface area (TPSA) is 105 Å². The van der Waals surface area contributed by atoms with Gasteiger partial charge in [-0.25, -0.2) is 9.78 Å². The molecule has 4 N–H and O–H groups in total. The first-order valence-electron chi connectivity index (χ1n) is 6.27. The van der Waals surface area contributed by atoms with Crippen LogP contribution in [0.2, 0.25) is 0 Å². The SMILES string of the molecule is NC1CCCC(C(=O)NCc2nc(C(=O)O)cs2)C1. The Morgan fingerprint density at radius 1 is 1.53 bits per heavy atom. The number of nitrogens with one attached hydrogen (secondary N) is 1. The molecule has 1 aliphatic carbocycles. The van der Waals surface area contributed by atoms with Crippen LogP contribution in [0.5, 0.6) is 0 Å². The fraction of sp³-hybridized carbons (Fsp3) is 0.583. The van der Waals surface area contributed by atoms with Gasteiger partial charge in [0.15, 0.2) is 5.69 Å². The standard InChI is InChI=1S/C12H17N3O3S/c13-8-3-1-2-7(4-8)11(16)14-5-10-15-9(6-19-10)12(17)18/h6-8H,1-5,13H2,(H,14,16)(H,17,18). The Labute approximate surface area is 115 Å². The number of thiazole rings is 1. The molecule has 2 rings (SSSR count). The Bertz CT molecular complexity index is 475. The molecule has 0 spiro atoms. The van der Waals surface area contributed by atoms with Crippen molar-refractivity contribution in [2.45, 2.75) is 38.3 Å². The van der Waals surface area contributed by atoms with Gasteiger partial charge >= 0.3 is 5.97 Å². The molecule has 1 saturated carbocycles. The summed E-state index contributed by atoms with van der Waals surface area (Å²) in [6.07, 6.45) is 3.57. The van der Waals surface area contributed by atoms with Crippen molar-refractivity contribution in [3.8, 4) is 0 Å². The van der Waals surface area contributed by atoms with E-state index < -0.39 is 5.97 Å². The van der Waals surface area contributed by atoms with Gasteiger partial charge in [0.05, 0.1) is 6.54 Å². The fourth-order valence-corrected chi connectivity index (χ4v) is 2.97. The van der Waals surface area contributed by atoms with Crippen LogP contribution in [0.25, 0.3) is 0 Å². The lowest BCUT2D eigenvalue weighted by molar-refractivity contribution is -0.126. The van der Waals surface area contributed by atoms with Crippen LogP contribution < -0.4 is 11.1 Å². The third kappa shape index (κ3) is 3.74. The summed E-state index contributed by atoms with van der Waals surface area (Å²) in [6, 6.07) is 0.114. The van der Waals surface area contributed by atoms with Gasteiger partial charge in [0.1, 0.15) is 5.01 Å². The van der Waals surface area contributed by atoms with E-state index >= 15 is 0 Å².